The number of ether oxygens (including phenoxy) is 2. The van der Waals surface area contributed by atoms with E-state index in [-0.39, 0.29) is 31.6 Å². The van der Waals surface area contributed by atoms with Gasteiger partial charge in [-0.2, -0.15) is 0 Å². The molecule has 1 spiro atoms. The van der Waals surface area contributed by atoms with E-state index in [0.717, 1.165) is 18.4 Å². The Bertz CT molecular complexity index is 1640. The third-order valence-electron chi connectivity index (χ3n) is 10.2. The third-order valence-corrected chi connectivity index (χ3v) is 10.2. The first-order chi connectivity index (χ1) is 22.9. The van der Waals surface area contributed by atoms with Crippen LogP contribution in [0.15, 0.2) is 79.9 Å². The maximum absolute atomic E-state index is 15.0. The standard InChI is InChI=1S/C36H43N5O6/c1-4-7-8-14-22-46-34(45)30-29-32(43)41(28(23-42)25-15-10-9-11-16-25)31(36(29)20-19-35(30,6-3)47-36)33(44)39(21-5-2)24-40-27-18-13-12-17-26(27)37-38-40/h4-5,9-13,15-18,28-31,42H,1-2,6-8,14,19-24H2,3H3/t28-,29+,30+,31?,35-,36?/m1/s1. The number of rotatable bonds is 15. The number of carbonyl (C=O) groups is 3. The average molecular weight is 642 g/mol. The minimum atomic E-state index is -1.29. The Hall–Kier alpha value is -4.35. The van der Waals surface area contributed by atoms with Crippen molar-refractivity contribution in [1.82, 2.24) is 24.8 Å². The van der Waals surface area contributed by atoms with E-state index in [2.05, 4.69) is 23.5 Å². The van der Waals surface area contributed by atoms with Gasteiger partial charge in [0.25, 0.3) is 0 Å². The molecular weight excluding hydrogens is 598 g/mol. The topological polar surface area (TPSA) is 127 Å². The van der Waals surface area contributed by atoms with Gasteiger partial charge in [0.2, 0.25) is 11.8 Å². The normalized spacial score (nSPS) is 26.7. The van der Waals surface area contributed by atoms with Crippen LogP contribution < -0.4 is 0 Å². The van der Waals surface area contributed by atoms with E-state index >= 15 is 4.79 Å². The van der Waals surface area contributed by atoms with Gasteiger partial charge in [0, 0.05) is 6.54 Å². The fraction of sp³-hybridized carbons (Fsp3) is 0.472. The van der Waals surface area contributed by atoms with Gasteiger partial charge < -0.3 is 24.4 Å². The molecule has 3 saturated heterocycles. The third kappa shape index (κ3) is 5.45. The predicted octanol–water partition coefficient (Wildman–Crippen LogP) is 4.19. The molecule has 6 atom stereocenters. The number of esters is 1. The number of hydrogen-bond donors (Lipinski definition) is 1. The molecule has 3 aliphatic rings. The van der Waals surface area contributed by atoms with Crippen molar-refractivity contribution in [3.05, 3.63) is 85.5 Å². The molecule has 47 heavy (non-hydrogen) atoms. The van der Waals surface area contributed by atoms with Crippen molar-refractivity contribution in [2.45, 2.75) is 75.4 Å². The SMILES string of the molecule is C=CCCCCOC(=O)[C@@H]1[C@H]2C(=O)N([C@H](CO)c3ccccc3)C(C(=O)N(CC=C)Cn3nnc4ccccc43)C23CC[C@@]1(CC)O3. The first-order valence-electron chi connectivity index (χ1n) is 16.5. The zero-order valence-corrected chi connectivity index (χ0v) is 26.9. The summed E-state index contributed by atoms with van der Waals surface area (Å²) in [6.45, 7) is 9.61. The van der Waals surface area contributed by atoms with Crippen LogP contribution >= 0.6 is 0 Å². The van der Waals surface area contributed by atoms with Crippen LogP contribution in [0.1, 0.15) is 57.1 Å². The van der Waals surface area contributed by atoms with E-state index in [1.165, 1.54) is 4.90 Å². The Morgan fingerprint density at radius 2 is 1.89 bits per heavy atom. The summed E-state index contributed by atoms with van der Waals surface area (Å²) < 4.78 is 14.4. The van der Waals surface area contributed by atoms with Gasteiger partial charge in [0.05, 0.1) is 36.3 Å². The summed E-state index contributed by atoms with van der Waals surface area (Å²) in [5, 5.41) is 19.4. The highest BCUT2D eigenvalue weighted by molar-refractivity contribution is 5.99. The maximum Gasteiger partial charge on any atom is 0.312 e. The fourth-order valence-electron chi connectivity index (χ4n) is 8.04. The largest absolute Gasteiger partial charge is 0.465 e. The smallest absolute Gasteiger partial charge is 0.312 e. The number of para-hydroxylation sites is 1. The molecule has 3 aliphatic heterocycles. The Morgan fingerprint density at radius 1 is 1.13 bits per heavy atom. The van der Waals surface area contributed by atoms with E-state index < -0.39 is 47.7 Å². The highest BCUT2D eigenvalue weighted by Gasteiger charge is 2.79. The molecule has 0 aliphatic carbocycles. The number of allylic oxidation sites excluding steroid dienone is 1. The van der Waals surface area contributed by atoms with E-state index in [1.807, 2.05) is 67.6 Å². The van der Waals surface area contributed by atoms with Crippen LogP contribution in [0.4, 0.5) is 0 Å². The quantitative estimate of drug-likeness (QED) is 0.149. The lowest BCUT2D eigenvalue weighted by molar-refractivity contribution is -0.164. The Morgan fingerprint density at radius 3 is 2.62 bits per heavy atom. The molecule has 2 aromatic carbocycles. The van der Waals surface area contributed by atoms with Gasteiger partial charge in [-0.1, -0.05) is 66.8 Å². The lowest BCUT2D eigenvalue weighted by Gasteiger charge is -2.39. The van der Waals surface area contributed by atoms with Crippen LogP contribution in [0.3, 0.4) is 0 Å². The Labute approximate surface area is 274 Å². The highest BCUT2D eigenvalue weighted by atomic mass is 16.6. The molecule has 4 heterocycles. The van der Waals surface area contributed by atoms with E-state index in [0.29, 0.717) is 36.8 Å². The van der Waals surface area contributed by atoms with Gasteiger partial charge in [-0.15, -0.1) is 18.3 Å². The van der Waals surface area contributed by atoms with Crippen molar-refractivity contribution in [1.29, 1.82) is 0 Å². The number of unbranched alkanes of at least 4 members (excludes halogenated alkanes) is 2. The zero-order valence-electron chi connectivity index (χ0n) is 26.9. The summed E-state index contributed by atoms with van der Waals surface area (Å²) in [6, 6.07) is 14.7. The second kappa shape index (κ2) is 13.4. The molecule has 2 amide bonds. The summed E-state index contributed by atoms with van der Waals surface area (Å²) in [7, 11) is 0. The van der Waals surface area contributed by atoms with Gasteiger partial charge in [-0.05, 0) is 56.2 Å². The van der Waals surface area contributed by atoms with Crippen LogP contribution in [-0.4, -0.2) is 84.7 Å². The number of carbonyl (C=O) groups excluding carboxylic acids is 3. The number of hydrogen-bond acceptors (Lipinski definition) is 8. The molecule has 248 valence electrons. The number of nitrogens with zero attached hydrogens (tertiary/aromatic N) is 5. The predicted molar refractivity (Wildman–Crippen MR) is 174 cm³/mol. The lowest BCUT2D eigenvalue weighted by Crippen LogP contribution is -2.57. The molecule has 2 bridgehead atoms. The van der Waals surface area contributed by atoms with E-state index in [9.17, 15) is 14.7 Å². The lowest BCUT2D eigenvalue weighted by atomic mass is 9.65. The molecule has 3 aromatic rings. The first kappa shape index (κ1) is 32.6. The van der Waals surface area contributed by atoms with Gasteiger partial charge in [0.1, 0.15) is 29.7 Å². The summed E-state index contributed by atoms with van der Waals surface area (Å²) >= 11 is 0. The zero-order chi connectivity index (χ0) is 33.2. The highest BCUT2D eigenvalue weighted by Crippen LogP contribution is 2.65. The van der Waals surface area contributed by atoms with Crippen LogP contribution in [0.5, 0.6) is 0 Å². The van der Waals surface area contributed by atoms with Crippen LogP contribution in [-0.2, 0) is 30.5 Å². The van der Waals surface area contributed by atoms with Crippen molar-refractivity contribution in [3.8, 4) is 0 Å². The minimum absolute atomic E-state index is 0.0505. The molecule has 1 aromatic heterocycles. The van der Waals surface area contributed by atoms with Crippen molar-refractivity contribution in [3.63, 3.8) is 0 Å². The summed E-state index contributed by atoms with van der Waals surface area (Å²) in [6.07, 6.45) is 7.19. The van der Waals surface area contributed by atoms with Crippen molar-refractivity contribution < 1.29 is 29.0 Å². The monoisotopic (exact) mass is 641 g/mol. The Kier molecular flexibility index (Phi) is 9.29. The number of aliphatic hydroxyl groups excluding tert-OH is 1. The van der Waals surface area contributed by atoms with Gasteiger partial charge in [-0.3, -0.25) is 14.4 Å². The van der Waals surface area contributed by atoms with Crippen molar-refractivity contribution in [2.24, 2.45) is 11.8 Å². The molecule has 1 N–H and O–H groups in total. The minimum Gasteiger partial charge on any atom is -0.465 e. The molecule has 0 saturated carbocycles. The van der Waals surface area contributed by atoms with Gasteiger partial charge in [-0.25, -0.2) is 4.68 Å². The molecule has 0 radical (unpaired) electrons. The number of likely N-dealkylation sites (tertiary alicyclic amines) is 1. The fourth-order valence-corrected chi connectivity index (χ4v) is 8.04. The van der Waals surface area contributed by atoms with Crippen molar-refractivity contribution >= 4 is 28.8 Å². The second-order valence-corrected chi connectivity index (χ2v) is 12.7. The number of fused-ring (bicyclic) bond motifs is 2. The van der Waals surface area contributed by atoms with Crippen molar-refractivity contribution in [2.75, 3.05) is 19.8 Å². The molecule has 3 fully saturated rings. The molecule has 11 heteroatoms. The van der Waals surface area contributed by atoms with E-state index in [1.54, 1.807) is 15.7 Å². The summed E-state index contributed by atoms with van der Waals surface area (Å²) in [5.41, 5.74) is -0.108. The Balaban J connectivity index is 1.41. The number of benzene rings is 2. The number of aromatic nitrogens is 3. The molecule has 11 nitrogen and oxygen atoms in total. The number of aliphatic hydroxyl groups is 1. The summed E-state index contributed by atoms with van der Waals surface area (Å²) in [4.78, 5) is 46.8. The van der Waals surface area contributed by atoms with Crippen LogP contribution in [0.25, 0.3) is 11.0 Å². The molecular formula is C36H43N5O6. The average Bonchev–Trinajstić information content (AvgIpc) is 3.82. The number of amides is 2. The van der Waals surface area contributed by atoms with E-state index in [4.69, 9.17) is 9.47 Å². The summed E-state index contributed by atoms with van der Waals surface area (Å²) in [5.74, 6) is -3.06. The molecule has 6 rings (SSSR count). The van der Waals surface area contributed by atoms with Gasteiger partial charge in [0.15, 0.2) is 0 Å². The second-order valence-electron chi connectivity index (χ2n) is 12.7. The maximum atomic E-state index is 15.0. The first-order valence-corrected chi connectivity index (χ1v) is 16.5. The van der Waals surface area contributed by atoms with Crippen LogP contribution in [0, 0.1) is 11.8 Å². The van der Waals surface area contributed by atoms with Crippen LogP contribution in [0.2, 0.25) is 0 Å². The van der Waals surface area contributed by atoms with Gasteiger partial charge >= 0.3 is 5.97 Å². The molecule has 2 unspecified atom stereocenters.